The summed E-state index contributed by atoms with van der Waals surface area (Å²) in [4.78, 5) is 0. The molecule has 0 bridgehead atoms. The number of allylic oxidation sites excluding steroid dienone is 1. The van der Waals surface area contributed by atoms with Gasteiger partial charge in [0.25, 0.3) is 0 Å². The Kier molecular flexibility index (Phi) is 12.7. The normalized spacial score (nSPS) is 39.5. The monoisotopic (exact) mass is 480 g/mol. The zero-order valence-electron chi connectivity index (χ0n) is 18.9. The van der Waals surface area contributed by atoms with Gasteiger partial charge in [0.15, 0.2) is 12.6 Å². The van der Waals surface area contributed by atoms with Gasteiger partial charge in [-0.05, 0) is 19.3 Å². The van der Waals surface area contributed by atoms with E-state index in [2.05, 4.69) is 6.58 Å². The van der Waals surface area contributed by atoms with E-state index in [-0.39, 0.29) is 0 Å². The zero-order valence-corrected chi connectivity index (χ0v) is 18.9. The van der Waals surface area contributed by atoms with Crippen LogP contribution in [0.1, 0.15) is 44.9 Å². The van der Waals surface area contributed by atoms with Gasteiger partial charge in [-0.15, -0.1) is 6.58 Å². The van der Waals surface area contributed by atoms with Crippen molar-refractivity contribution in [3.8, 4) is 0 Å². The van der Waals surface area contributed by atoms with Crippen LogP contribution in [0.5, 0.6) is 0 Å². The number of unbranched alkanes of at least 4 members (excludes halogenated alkanes) is 6. The largest absolute Gasteiger partial charge is 0.394 e. The Bertz CT molecular complexity index is 546. The Balaban J connectivity index is 1.82. The van der Waals surface area contributed by atoms with Gasteiger partial charge in [-0.25, -0.2) is 0 Å². The van der Waals surface area contributed by atoms with E-state index >= 15 is 0 Å². The van der Waals surface area contributed by atoms with Gasteiger partial charge in [0.05, 0.1) is 13.2 Å². The molecule has 11 heteroatoms. The summed E-state index contributed by atoms with van der Waals surface area (Å²) in [5, 5.41) is 69.9. The molecular weight excluding hydrogens is 440 g/mol. The molecule has 0 aromatic rings. The number of aliphatic hydroxyl groups excluding tert-OH is 7. The third-order valence-electron chi connectivity index (χ3n) is 6.05. The lowest BCUT2D eigenvalue weighted by atomic mass is 9.97. The van der Waals surface area contributed by atoms with Crippen molar-refractivity contribution in [1.82, 2.24) is 0 Å². The van der Waals surface area contributed by atoms with Crippen LogP contribution in [0.4, 0.5) is 0 Å². The summed E-state index contributed by atoms with van der Waals surface area (Å²) < 4.78 is 21.9. The van der Waals surface area contributed by atoms with Gasteiger partial charge in [-0.1, -0.05) is 31.8 Å². The highest BCUT2D eigenvalue weighted by Crippen LogP contribution is 2.29. The molecule has 11 nitrogen and oxygen atoms in total. The second-order valence-corrected chi connectivity index (χ2v) is 8.57. The summed E-state index contributed by atoms with van der Waals surface area (Å²) in [6.45, 7) is 2.77. The molecule has 33 heavy (non-hydrogen) atoms. The minimum Gasteiger partial charge on any atom is -0.394 e. The van der Waals surface area contributed by atoms with E-state index in [1.54, 1.807) is 0 Å². The number of rotatable bonds is 14. The van der Waals surface area contributed by atoms with E-state index in [1.165, 1.54) is 0 Å². The highest BCUT2D eigenvalue weighted by atomic mass is 16.7. The summed E-state index contributed by atoms with van der Waals surface area (Å²) in [5.41, 5.74) is 0. The molecule has 0 radical (unpaired) electrons. The van der Waals surface area contributed by atoms with E-state index in [9.17, 15) is 35.7 Å². The smallest absolute Gasteiger partial charge is 0.187 e. The first-order chi connectivity index (χ1) is 15.8. The molecule has 0 unspecified atom stereocenters. The Morgan fingerprint density at radius 2 is 1.24 bits per heavy atom. The van der Waals surface area contributed by atoms with Crippen LogP contribution in [0.3, 0.4) is 0 Å². The zero-order chi connectivity index (χ0) is 24.4. The second-order valence-electron chi connectivity index (χ2n) is 8.57. The summed E-state index contributed by atoms with van der Waals surface area (Å²) in [7, 11) is 0. The molecule has 7 N–H and O–H groups in total. The van der Waals surface area contributed by atoms with E-state index in [1.807, 2.05) is 6.08 Å². The van der Waals surface area contributed by atoms with Crippen LogP contribution in [0.2, 0.25) is 0 Å². The number of hydrogen-bond donors (Lipinski definition) is 7. The van der Waals surface area contributed by atoms with E-state index in [0.29, 0.717) is 6.61 Å². The minimum atomic E-state index is -1.70. The van der Waals surface area contributed by atoms with Gasteiger partial charge in [-0.2, -0.15) is 0 Å². The molecule has 2 aliphatic rings. The van der Waals surface area contributed by atoms with E-state index in [4.69, 9.17) is 18.9 Å². The molecule has 2 rings (SSSR count). The lowest BCUT2D eigenvalue weighted by Gasteiger charge is -2.45. The second kappa shape index (κ2) is 14.6. The third-order valence-corrected chi connectivity index (χ3v) is 6.05. The Hall–Kier alpha value is -0.700. The minimum absolute atomic E-state index is 0.303. The number of aliphatic hydroxyl groups is 7. The molecule has 194 valence electrons. The Labute approximate surface area is 194 Å². The van der Waals surface area contributed by atoms with Gasteiger partial charge >= 0.3 is 0 Å². The summed E-state index contributed by atoms with van der Waals surface area (Å²) in [5.74, 6) is 0. The van der Waals surface area contributed by atoms with E-state index in [0.717, 1.165) is 44.9 Å². The lowest BCUT2D eigenvalue weighted by molar-refractivity contribution is -0.359. The fourth-order valence-corrected chi connectivity index (χ4v) is 3.99. The molecule has 0 saturated carbocycles. The van der Waals surface area contributed by atoms with Crippen LogP contribution in [-0.4, -0.2) is 117 Å². The molecule has 10 atom stereocenters. The molecule has 2 heterocycles. The van der Waals surface area contributed by atoms with Crippen LogP contribution in [0.25, 0.3) is 0 Å². The van der Waals surface area contributed by atoms with Crippen LogP contribution < -0.4 is 0 Å². The average Bonchev–Trinajstić information content (AvgIpc) is 2.82. The van der Waals surface area contributed by atoms with Crippen LogP contribution >= 0.6 is 0 Å². The molecule has 2 fully saturated rings. The summed E-state index contributed by atoms with van der Waals surface area (Å²) >= 11 is 0. The fraction of sp³-hybridized carbons (Fsp3) is 0.909. The molecule has 0 aromatic heterocycles. The summed E-state index contributed by atoms with van der Waals surface area (Å²) in [6.07, 6.45) is -5.27. The maximum absolute atomic E-state index is 10.6. The fourth-order valence-electron chi connectivity index (χ4n) is 3.99. The predicted molar refractivity (Wildman–Crippen MR) is 115 cm³/mol. The van der Waals surface area contributed by atoms with Crippen molar-refractivity contribution in [2.75, 3.05) is 19.8 Å². The van der Waals surface area contributed by atoms with Gasteiger partial charge in [-0.3, -0.25) is 0 Å². The van der Waals surface area contributed by atoms with Crippen LogP contribution in [-0.2, 0) is 18.9 Å². The molecule has 2 saturated heterocycles. The van der Waals surface area contributed by atoms with Crippen LogP contribution in [0, 0.1) is 0 Å². The molecule has 0 aromatic carbocycles. The van der Waals surface area contributed by atoms with Gasteiger partial charge in [0.2, 0.25) is 0 Å². The van der Waals surface area contributed by atoms with Crippen molar-refractivity contribution >= 4 is 0 Å². The average molecular weight is 481 g/mol. The maximum atomic E-state index is 10.6. The topological polar surface area (TPSA) is 179 Å². The quantitative estimate of drug-likeness (QED) is 0.114. The highest BCUT2D eigenvalue weighted by molar-refractivity contribution is 4.94. The SMILES string of the molecule is C=CCCCCCCCCO[C@H]1O[C@H](CO)[C@@H](O[C@@H]2O[C@H](CO)[C@H](O)[C@H](O)[C@H]2O)[C@H](O)[C@@H]1O. The Morgan fingerprint density at radius 1 is 0.667 bits per heavy atom. The summed E-state index contributed by atoms with van der Waals surface area (Å²) in [6, 6.07) is 0. The molecule has 0 aliphatic carbocycles. The van der Waals surface area contributed by atoms with Gasteiger partial charge in [0, 0.05) is 6.61 Å². The van der Waals surface area contributed by atoms with E-state index < -0.39 is 74.6 Å². The first-order valence-electron chi connectivity index (χ1n) is 11.7. The van der Waals surface area contributed by atoms with Gasteiger partial charge < -0.3 is 54.7 Å². The third kappa shape index (κ3) is 7.91. The maximum Gasteiger partial charge on any atom is 0.187 e. The molecule has 0 amide bonds. The van der Waals surface area contributed by atoms with Crippen molar-refractivity contribution < 1.29 is 54.7 Å². The predicted octanol–water partition coefficient (Wildman–Crippen LogP) is -1.46. The van der Waals surface area contributed by atoms with Crippen molar-refractivity contribution in [3.63, 3.8) is 0 Å². The van der Waals surface area contributed by atoms with Crippen molar-refractivity contribution in [3.05, 3.63) is 12.7 Å². The molecular formula is C22H40O11. The molecule has 2 aliphatic heterocycles. The highest BCUT2D eigenvalue weighted by Gasteiger charge is 2.50. The van der Waals surface area contributed by atoms with Crippen molar-refractivity contribution in [1.29, 1.82) is 0 Å². The standard InChI is InChI=1S/C22H40O11/c1-2-3-4-5-6-7-8-9-10-30-21-19(29)17(27)20(14(12-24)32-21)33-22-18(28)16(26)15(25)13(11-23)31-22/h2,13-29H,1,3-12H2/t13-,14-,15+,16+,17-,18-,19+,20-,21+,22+/m1/s1. The Morgan fingerprint density at radius 3 is 1.88 bits per heavy atom. The van der Waals surface area contributed by atoms with Gasteiger partial charge in [0.1, 0.15) is 48.8 Å². The number of ether oxygens (including phenoxy) is 4. The van der Waals surface area contributed by atoms with Crippen molar-refractivity contribution in [2.45, 2.75) is 106 Å². The number of hydrogen-bond acceptors (Lipinski definition) is 11. The van der Waals surface area contributed by atoms with Crippen LogP contribution in [0.15, 0.2) is 12.7 Å². The van der Waals surface area contributed by atoms with Crippen molar-refractivity contribution in [2.24, 2.45) is 0 Å². The lowest BCUT2D eigenvalue weighted by Crippen LogP contribution is -2.64. The first kappa shape index (κ1) is 28.5. The first-order valence-corrected chi connectivity index (χ1v) is 11.7. The molecule has 0 spiro atoms.